The van der Waals surface area contributed by atoms with Gasteiger partial charge in [-0.25, -0.2) is 19.0 Å². The smallest absolute Gasteiger partial charge is 0.422 e. The van der Waals surface area contributed by atoms with Gasteiger partial charge in [-0.1, -0.05) is 30.3 Å². The molecule has 0 spiro atoms. The number of halogens is 3. The summed E-state index contributed by atoms with van der Waals surface area (Å²) in [6.45, 7) is 4.41. The number of hydrogen-bond acceptors (Lipinski definition) is 7. The summed E-state index contributed by atoms with van der Waals surface area (Å²) in [7, 11) is 0. The highest BCUT2D eigenvalue weighted by Crippen LogP contribution is 2.30. The van der Waals surface area contributed by atoms with E-state index in [1.165, 1.54) is 4.57 Å². The average Bonchev–Trinajstić information content (AvgIpc) is 2.99. The lowest BCUT2D eigenvalue weighted by Gasteiger charge is -2.36. The molecule has 236 valence electrons. The summed E-state index contributed by atoms with van der Waals surface area (Å²) in [6.07, 6.45) is -0.942. The molecule has 11 nitrogen and oxygen atoms in total. The maximum atomic E-state index is 13.0. The number of carboxylic acids is 2. The fourth-order valence-electron chi connectivity index (χ4n) is 4.52. The summed E-state index contributed by atoms with van der Waals surface area (Å²) in [5.74, 6) is -2.29. The molecule has 3 aromatic rings. The molecule has 14 heteroatoms. The first-order valence-electron chi connectivity index (χ1n) is 13.6. The van der Waals surface area contributed by atoms with Crippen molar-refractivity contribution >= 4 is 17.6 Å². The molecule has 0 saturated carbocycles. The van der Waals surface area contributed by atoms with Crippen LogP contribution in [0, 0.1) is 6.92 Å². The van der Waals surface area contributed by atoms with Crippen molar-refractivity contribution in [3.63, 3.8) is 0 Å². The molecule has 0 radical (unpaired) electrons. The van der Waals surface area contributed by atoms with E-state index in [2.05, 4.69) is 4.90 Å². The zero-order valence-electron chi connectivity index (χ0n) is 23.9. The van der Waals surface area contributed by atoms with Gasteiger partial charge in [-0.15, -0.1) is 0 Å². The van der Waals surface area contributed by atoms with E-state index in [-0.39, 0.29) is 17.0 Å². The molecule has 2 heterocycles. The van der Waals surface area contributed by atoms with Crippen molar-refractivity contribution in [1.29, 1.82) is 0 Å². The number of piperazine rings is 1. The molecule has 0 amide bonds. The van der Waals surface area contributed by atoms with Crippen LogP contribution in [0.2, 0.25) is 0 Å². The molecule has 2 aromatic carbocycles. The minimum Gasteiger partial charge on any atom is -0.482 e. The summed E-state index contributed by atoms with van der Waals surface area (Å²) in [5, 5.41) is 15.6. The Balaban J connectivity index is 0.000000583. The van der Waals surface area contributed by atoms with E-state index in [0.717, 1.165) is 26.1 Å². The summed E-state index contributed by atoms with van der Waals surface area (Å²) < 4.78 is 45.6. The predicted molar refractivity (Wildman–Crippen MR) is 157 cm³/mol. The van der Waals surface area contributed by atoms with Crippen LogP contribution in [0.1, 0.15) is 12.0 Å². The summed E-state index contributed by atoms with van der Waals surface area (Å²) in [4.78, 5) is 49.0. The maximum Gasteiger partial charge on any atom is 0.422 e. The number of carbonyl (C=O) groups is 2. The third-order valence-electron chi connectivity index (χ3n) is 6.55. The van der Waals surface area contributed by atoms with Gasteiger partial charge >= 0.3 is 23.8 Å². The lowest BCUT2D eigenvalue weighted by molar-refractivity contribution is -0.153. The fourth-order valence-corrected chi connectivity index (χ4v) is 4.52. The lowest BCUT2D eigenvalue weighted by Crippen LogP contribution is -2.47. The third-order valence-corrected chi connectivity index (χ3v) is 6.55. The molecular weight excluding hydrogens is 585 g/mol. The van der Waals surface area contributed by atoms with Crippen LogP contribution in [-0.2, 0) is 16.1 Å². The molecule has 44 heavy (non-hydrogen) atoms. The molecule has 1 aromatic heterocycles. The number of aryl methyl sites for hydroxylation is 2. The topological polar surface area (TPSA) is 134 Å². The molecular formula is C30H33F3N4O7. The van der Waals surface area contributed by atoms with Gasteiger partial charge in [0.05, 0.1) is 11.4 Å². The minimum absolute atomic E-state index is 0.228. The van der Waals surface area contributed by atoms with Crippen LogP contribution in [0.4, 0.5) is 18.9 Å². The molecule has 0 bridgehead atoms. The number of nitrogens with zero attached hydrogens (tertiary/aromatic N) is 4. The number of benzene rings is 2. The number of aliphatic carboxylic acids is 2. The van der Waals surface area contributed by atoms with Crippen LogP contribution in [-0.4, -0.2) is 81.7 Å². The third kappa shape index (κ3) is 10.2. The average molecular weight is 619 g/mol. The number of carboxylic acid groups (broad SMARTS) is 2. The fraction of sp³-hybridized carbons (Fsp3) is 0.333. The van der Waals surface area contributed by atoms with Crippen LogP contribution in [0.15, 0.2) is 82.5 Å². The minimum atomic E-state index is -4.39. The first-order valence-corrected chi connectivity index (χ1v) is 13.6. The highest BCUT2D eigenvalue weighted by Gasteiger charge is 2.29. The van der Waals surface area contributed by atoms with Crippen molar-refractivity contribution in [3.8, 4) is 11.4 Å². The molecule has 2 N–H and O–H groups in total. The molecule has 1 fully saturated rings. The van der Waals surface area contributed by atoms with Crippen LogP contribution in [0.5, 0.6) is 5.75 Å². The van der Waals surface area contributed by atoms with E-state index in [0.29, 0.717) is 48.7 Å². The maximum absolute atomic E-state index is 13.0. The van der Waals surface area contributed by atoms with Gasteiger partial charge < -0.3 is 19.8 Å². The van der Waals surface area contributed by atoms with Crippen molar-refractivity contribution in [1.82, 2.24) is 14.0 Å². The Bertz CT molecular complexity index is 1550. The number of alkyl halides is 3. The summed E-state index contributed by atoms with van der Waals surface area (Å²) >= 11 is 0. The van der Waals surface area contributed by atoms with Crippen molar-refractivity contribution < 1.29 is 37.7 Å². The van der Waals surface area contributed by atoms with Gasteiger partial charge in [0.25, 0.3) is 5.56 Å². The zero-order valence-corrected chi connectivity index (χ0v) is 23.9. The molecule has 1 aliphatic heterocycles. The standard InChI is InChI=1S/C26H29F3N4O3.C4H4O4/c1-20-18-32(25(35)33(24(20)34)21-8-3-2-4-9-21)13-7-12-30-14-16-31(17-15-30)22-10-5-6-11-23(22)36-19-26(27,28)29;5-3(6)1-2-4(7)8/h2-6,8-11,18H,7,12-17,19H2,1H3;1-2H,(H,5,6)(H,7,8)/b;2-1+. The SMILES string of the molecule is Cc1cn(CCCN2CCN(c3ccccc3OCC(F)(F)F)CC2)c(=O)n(-c2ccccc2)c1=O.O=C(O)/C=C/C(=O)O. The quantitative estimate of drug-likeness (QED) is 0.329. The monoisotopic (exact) mass is 618 g/mol. The number of para-hydroxylation sites is 3. The molecule has 4 rings (SSSR count). The van der Waals surface area contributed by atoms with Crippen molar-refractivity contribution in [2.75, 3.05) is 44.2 Å². The van der Waals surface area contributed by atoms with E-state index in [4.69, 9.17) is 14.9 Å². The van der Waals surface area contributed by atoms with E-state index in [1.54, 1.807) is 66.2 Å². The van der Waals surface area contributed by atoms with E-state index < -0.39 is 24.7 Å². The first kappa shape index (κ1) is 33.6. The van der Waals surface area contributed by atoms with Gasteiger partial charge in [0, 0.05) is 56.6 Å². The largest absolute Gasteiger partial charge is 0.482 e. The molecule has 0 unspecified atom stereocenters. The van der Waals surface area contributed by atoms with Crippen molar-refractivity contribution in [2.45, 2.75) is 26.1 Å². The van der Waals surface area contributed by atoms with Crippen LogP contribution in [0.3, 0.4) is 0 Å². The van der Waals surface area contributed by atoms with Crippen LogP contribution < -0.4 is 20.9 Å². The first-order chi connectivity index (χ1) is 20.9. The Morgan fingerprint density at radius 1 is 0.886 bits per heavy atom. The Labute approximate surface area is 250 Å². The highest BCUT2D eigenvalue weighted by atomic mass is 19.4. The van der Waals surface area contributed by atoms with Gasteiger partial charge in [0.15, 0.2) is 6.61 Å². The Morgan fingerprint density at radius 3 is 2.07 bits per heavy atom. The van der Waals surface area contributed by atoms with Crippen molar-refractivity contribution in [2.24, 2.45) is 0 Å². The Kier molecular flexibility index (Phi) is 11.9. The number of anilines is 1. The second-order valence-electron chi connectivity index (χ2n) is 9.83. The second kappa shape index (κ2) is 15.6. The predicted octanol–water partition coefficient (Wildman–Crippen LogP) is 3.17. The van der Waals surface area contributed by atoms with Gasteiger partial charge in [-0.3, -0.25) is 14.3 Å². The summed E-state index contributed by atoms with van der Waals surface area (Å²) in [6, 6.07) is 15.7. The van der Waals surface area contributed by atoms with E-state index >= 15 is 0 Å². The van der Waals surface area contributed by atoms with Gasteiger partial charge in [0.1, 0.15) is 5.75 Å². The lowest BCUT2D eigenvalue weighted by atomic mass is 10.2. The van der Waals surface area contributed by atoms with Gasteiger partial charge in [0.2, 0.25) is 0 Å². The van der Waals surface area contributed by atoms with E-state index in [9.17, 15) is 32.3 Å². The van der Waals surface area contributed by atoms with Gasteiger partial charge in [-0.05, 0) is 44.2 Å². The number of aromatic nitrogens is 2. The number of hydrogen-bond donors (Lipinski definition) is 2. The second-order valence-corrected chi connectivity index (χ2v) is 9.83. The zero-order chi connectivity index (χ0) is 32.3. The Hall–Kier alpha value is -4.85. The van der Waals surface area contributed by atoms with Crippen molar-refractivity contribution in [3.05, 3.63) is 99.3 Å². The van der Waals surface area contributed by atoms with Gasteiger partial charge in [-0.2, -0.15) is 13.2 Å². The number of rotatable bonds is 10. The highest BCUT2D eigenvalue weighted by molar-refractivity contribution is 5.89. The van der Waals surface area contributed by atoms with E-state index in [1.807, 2.05) is 11.0 Å². The molecule has 1 aliphatic rings. The Morgan fingerprint density at radius 2 is 1.48 bits per heavy atom. The molecule has 1 saturated heterocycles. The molecule has 0 atom stereocenters. The van der Waals surface area contributed by atoms with Crippen LogP contribution >= 0.6 is 0 Å². The normalized spacial score (nSPS) is 13.8. The van der Waals surface area contributed by atoms with Crippen LogP contribution in [0.25, 0.3) is 5.69 Å². The number of ether oxygens (including phenoxy) is 1. The summed E-state index contributed by atoms with van der Waals surface area (Å²) in [5.41, 5.74) is 1.01. The molecule has 0 aliphatic carbocycles.